The van der Waals surface area contributed by atoms with Crippen LogP contribution in [0.4, 0.5) is 0 Å². The van der Waals surface area contributed by atoms with Gasteiger partial charge in [-0.2, -0.15) is 0 Å². The van der Waals surface area contributed by atoms with Gasteiger partial charge in [0, 0.05) is 11.6 Å². The summed E-state index contributed by atoms with van der Waals surface area (Å²) in [7, 11) is 3.03. The van der Waals surface area contributed by atoms with E-state index in [9.17, 15) is 14.7 Å². The number of aliphatic hydroxyl groups excluding tert-OH is 1. The first-order valence-corrected chi connectivity index (χ1v) is 9.69. The van der Waals surface area contributed by atoms with E-state index in [-0.39, 0.29) is 29.9 Å². The number of hydrogen-bond acceptors (Lipinski definition) is 6. The number of aryl methyl sites for hydroxylation is 1. The van der Waals surface area contributed by atoms with Crippen molar-refractivity contribution >= 4 is 28.5 Å². The molecule has 1 aliphatic rings. The molecule has 2 aromatic carbocycles. The Labute approximate surface area is 177 Å². The molecule has 7 nitrogen and oxygen atoms in total. The van der Waals surface area contributed by atoms with Crippen LogP contribution in [0.5, 0.6) is 11.5 Å². The van der Waals surface area contributed by atoms with Crippen molar-refractivity contribution in [2.45, 2.75) is 13.0 Å². The van der Waals surface area contributed by atoms with Gasteiger partial charge >= 0.3 is 0 Å². The minimum atomic E-state index is -0.736. The number of β-amino-alcohol motifs (C(OH)–C–C–N with tert-alkyl or cyclic N) is 1. The number of benzene rings is 2. The largest absolute Gasteiger partial charge is 0.493 e. The molecule has 156 valence electrons. The molecule has 1 unspecified atom stereocenters. The van der Waals surface area contributed by atoms with Crippen LogP contribution >= 0.6 is 11.6 Å². The summed E-state index contributed by atoms with van der Waals surface area (Å²) in [6, 6.07) is 7.64. The first kappa shape index (κ1) is 20.3. The van der Waals surface area contributed by atoms with Gasteiger partial charge in [-0.05, 0) is 42.3 Å². The van der Waals surface area contributed by atoms with Crippen LogP contribution in [0.1, 0.15) is 33.3 Å². The Morgan fingerprint density at radius 1 is 1.13 bits per heavy atom. The first-order valence-electron chi connectivity index (χ1n) is 9.31. The van der Waals surface area contributed by atoms with Crippen molar-refractivity contribution in [2.75, 3.05) is 27.4 Å². The van der Waals surface area contributed by atoms with E-state index in [1.54, 1.807) is 37.3 Å². The van der Waals surface area contributed by atoms with E-state index in [1.165, 1.54) is 19.1 Å². The van der Waals surface area contributed by atoms with Crippen molar-refractivity contribution in [3.05, 3.63) is 68.0 Å². The summed E-state index contributed by atoms with van der Waals surface area (Å²) in [5.41, 5.74) is 1.56. The number of carbonyl (C=O) groups is 1. The number of ether oxygens (including phenoxy) is 2. The van der Waals surface area contributed by atoms with Gasteiger partial charge in [0.15, 0.2) is 16.9 Å². The van der Waals surface area contributed by atoms with Gasteiger partial charge in [0.25, 0.3) is 5.91 Å². The molecule has 2 heterocycles. The lowest BCUT2D eigenvalue weighted by Gasteiger charge is -2.24. The Hall–Kier alpha value is -3.03. The van der Waals surface area contributed by atoms with Gasteiger partial charge in [0.2, 0.25) is 5.76 Å². The number of methoxy groups -OCH3 is 2. The number of aliphatic hydroxyl groups is 1. The lowest BCUT2D eigenvalue weighted by Crippen LogP contribution is -2.32. The number of carbonyl (C=O) groups excluding carboxylic acids is 1. The SMILES string of the molecule is COc1ccc(C2c3c(oc4cc(C)c(Cl)cc4c3=O)C(=O)N2CCO)cc1OC. The first-order chi connectivity index (χ1) is 14.4. The summed E-state index contributed by atoms with van der Waals surface area (Å²) in [4.78, 5) is 27.9. The highest BCUT2D eigenvalue weighted by Gasteiger charge is 2.42. The van der Waals surface area contributed by atoms with Gasteiger partial charge in [-0.1, -0.05) is 17.7 Å². The van der Waals surface area contributed by atoms with Crippen LogP contribution in [-0.4, -0.2) is 43.3 Å². The smallest absolute Gasteiger partial charge is 0.290 e. The molecule has 3 aromatic rings. The Bertz CT molecular complexity index is 1220. The number of amides is 1. The zero-order valence-electron chi connectivity index (χ0n) is 16.7. The molecular formula is C22H20ClNO6. The van der Waals surface area contributed by atoms with Gasteiger partial charge < -0.3 is 23.9 Å². The topological polar surface area (TPSA) is 89.2 Å². The van der Waals surface area contributed by atoms with Gasteiger partial charge in [-0.3, -0.25) is 9.59 Å². The molecule has 4 rings (SSSR count). The van der Waals surface area contributed by atoms with Crippen molar-refractivity contribution in [2.24, 2.45) is 0 Å². The molecule has 0 saturated carbocycles. The molecule has 0 fully saturated rings. The molecule has 1 aliphatic heterocycles. The highest BCUT2D eigenvalue weighted by Crippen LogP contribution is 2.41. The monoisotopic (exact) mass is 429 g/mol. The lowest BCUT2D eigenvalue weighted by atomic mass is 9.98. The minimum Gasteiger partial charge on any atom is -0.493 e. The normalized spacial score (nSPS) is 15.6. The Morgan fingerprint density at radius 2 is 1.87 bits per heavy atom. The molecule has 1 atom stereocenters. The van der Waals surface area contributed by atoms with Gasteiger partial charge in [0.05, 0.1) is 37.8 Å². The van der Waals surface area contributed by atoms with Crippen LogP contribution < -0.4 is 14.9 Å². The average Bonchev–Trinajstić information content (AvgIpc) is 3.01. The van der Waals surface area contributed by atoms with E-state index >= 15 is 0 Å². The van der Waals surface area contributed by atoms with Crippen LogP contribution in [0.25, 0.3) is 11.0 Å². The molecule has 0 spiro atoms. The minimum absolute atomic E-state index is 0.0255. The van der Waals surface area contributed by atoms with Crippen molar-refractivity contribution in [3.8, 4) is 11.5 Å². The molecule has 8 heteroatoms. The third-order valence-electron chi connectivity index (χ3n) is 5.31. The number of halogens is 1. The van der Waals surface area contributed by atoms with Crippen LogP contribution in [0.3, 0.4) is 0 Å². The van der Waals surface area contributed by atoms with E-state index in [2.05, 4.69) is 0 Å². The van der Waals surface area contributed by atoms with Crippen LogP contribution in [0.15, 0.2) is 39.5 Å². The summed E-state index contributed by atoms with van der Waals surface area (Å²) in [6.07, 6.45) is 0. The predicted octanol–water partition coefficient (Wildman–Crippen LogP) is 3.31. The second-order valence-electron chi connectivity index (χ2n) is 7.01. The van der Waals surface area contributed by atoms with Crippen LogP contribution in [0, 0.1) is 6.92 Å². The maximum Gasteiger partial charge on any atom is 0.290 e. The van der Waals surface area contributed by atoms with Crippen molar-refractivity contribution in [1.29, 1.82) is 0 Å². The zero-order chi connectivity index (χ0) is 21.6. The van der Waals surface area contributed by atoms with Gasteiger partial charge in [-0.25, -0.2) is 0 Å². The third kappa shape index (κ3) is 3.02. The predicted molar refractivity (Wildman–Crippen MR) is 112 cm³/mol. The second kappa shape index (κ2) is 7.66. The Balaban J connectivity index is 2.00. The number of rotatable bonds is 5. The fourth-order valence-corrected chi connectivity index (χ4v) is 4.01. The Morgan fingerprint density at radius 3 is 2.53 bits per heavy atom. The summed E-state index contributed by atoms with van der Waals surface area (Å²) < 4.78 is 16.5. The number of hydrogen-bond donors (Lipinski definition) is 1. The number of nitrogens with zero attached hydrogens (tertiary/aromatic N) is 1. The highest BCUT2D eigenvalue weighted by atomic mass is 35.5. The average molecular weight is 430 g/mol. The molecule has 0 aliphatic carbocycles. The summed E-state index contributed by atoms with van der Waals surface area (Å²) in [5.74, 6) is 0.504. The molecule has 30 heavy (non-hydrogen) atoms. The molecular weight excluding hydrogens is 410 g/mol. The quantitative estimate of drug-likeness (QED) is 0.669. The van der Waals surface area contributed by atoms with E-state index in [4.69, 9.17) is 25.5 Å². The van der Waals surface area contributed by atoms with Gasteiger partial charge in [0.1, 0.15) is 5.58 Å². The molecule has 0 bridgehead atoms. The zero-order valence-corrected chi connectivity index (χ0v) is 17.4. The molecule has 1 aromatic heterocycles. The molecule has 0 saturated heterocycles. The fourth-order valence-electron chi connectivity index (χ4n) is 3.85. The fraction of sp³-hybridized carbons (Fsp3) is 0.273. The molecule has 1 amide bonds. The van der Waals surface area contributed by atoms with Crippen molar-refractivity contribution in [3.63, 3.8) is 0 Å². The molecule has 0 radical (unpaired) electrons. The summed E-state index contributed by atoms with van der Waals surface area (Å²) >= 11 is 6.22. The second-order valence-corrected chi connectivity index (χ2v) is 7.42. The van der Waals surface area contributed by atoms with Crippen LogP contribution in [0.2, 0.25) is 5.02 Å². The van der Waals surface area contributed by atoms with E-state index in [0.717, 1.165) is 5.56 Å². The van der Waals surface area contributed by atoms with Crippen molar-refractivity contribution < 1.29 is 23.8 Å². The summed E-state index contributed by atoms with van der Waals surface area (Å²) in [5, 5.41) is 10.3. The standard InChI is InChI=1S/C22H20ClNO6/c1-11-8-16-13(10-14(11)23)20(26)18-19(24(6-7-25)22(27)21(18)30-16)12-4-5-15(28-2)17(9-12)29-3/h4-5,8-10,19,25H,6-7H2,1-3H3. The molecule has 1 N–H and O–H groups in total. The van der Waals surface area contributed by atoms with E-state index in [1.807, 2.05) is 0 Å². The van der Waals surface area contributed by atoms with Gasteiger partial charge in [-0.15, -0.1) is 0 Å². The van der Waals surface area contributed by atoms with E-state index < -0.39 is 11.9 Å². The third-order valence-corrected chi connectivity index (χ3v) is 5.72. The summed E-state index contributed by atoms with van der Waals surface area (Å²) in [6.45, 7) is 1.57. The lowest BCUT2D eigenvalue weighted by molar-refractivity contribution is 0.0691. The van der Waals surface area contributed by atoms with Crippen molar-refractivity contribution in [1.82, 2.24) is 4.90 Å². The van der Waals surface area contributed by atoms with E-state index in [0.29, 0.717) is 33.1 Å². The van der Waals surface area contributed by atoms with Crippen LogP contribution in [-0.2, 0) is 0 Å². The maximum absolute atomic E-state index is 13.4. The maximum atomic E-state index is 13.4. The number of fused-ring (bicyclic) bond motifs is 2. The Kier molecular flexibility index (Phi) is 5.17. The highest BCUT2D eigenvalue weighted by molar-refractivity contribution is 6.32.